The molecular weight excluding hydrogens is 370 g/mol. The van der Waals surface area contributed by atoms with Crippen LogP contribution in [0, 0.1) is 0 Å². The summed E-state index contributed by atoms with van der Waals surface area (Å²) >= 11 is 1.69. The number of rotatable bonds is 6. The molecule has 1 aromatic carbocycles. The standard InChI is InChI=1S/C22H29N3O2S/c26-22(23-20-10-2-3-11-21(20)24-12-4-1-5-13-24)25(16-18-8-6-14-27-18)17-19-9-7-15-28-19/h2-3,7,9-11,15,18H,1,4-6,8,12-14,16-17H2,(H,23,26)/t18-/m1/s1. The van der Waals surface area contributed by atoms with Gasteiger partial charge in [-0.05, 0) is 55.7 Å². The van der Waals surface area contributed by atoms with Gasteiger partial charge in [-0.3, -0.25) is 0 Å². The summed E-state index contributed by atoms with van der Waals surface area (Å²) in [5.74, 6) is 0. The number of anilines is 2. The summed E-state index contributed by atoms with van der Waals surface area (Å²) in [6, 6.07) is 12.2. The van der Waals surface area contributed by atoms with Crippen LogP contribution in [0.5, 0.6) is 0 Å². The molecule has 28 heavy (non-hydrogen) atoms. The molecule has 2 fully saturated rings. The van der Waals surface area contributed by atoms with Crippen LogP contribution in [0.15, 0.2) is 41.8 Å². The van der Waals surface area contributed by atoms with Crippen molar-refractivity contribution in [1.82, 2.24) is 4.90 Å². The number of hydrogen-bond acceptors (Lipinski definition) is 4. The first-order valence-electron chi connectivity index (χ1n) is 10.3. The SMILES string of the molecule is O=C(Nc1ccccc1N1CCCCC1)N(Cc1cccs1)C[C@H]1CCCO1. The number of piperidine rings is 1. The minimum Gasteiger partial charge on any atom is -0.376 e. The van der Waals surface area contributed by atoms with Crippen LogP contribution in [0.1, 0.15) is 37.0 Å². The molecule has 5 nitrogen and oxygen atoms in total. The van der Waals surface area contributed by atoms with Crippen LogP contribution in [-0.4, -0.2) is 43.3 Å². The Morgan fingerprint density at radius 2 is 2.00 bits per heavy atom. The van der Waals surface area contributed by atoms with Crippen molar-refractivity contribution in [3.63, 3.8) is 0 Å². The maximum atomic E-state index is 13.2. The van der Waals surface area contributed by atoms with Gasteiger partial charge in [0.2, 0.25) is 0 Å². The Balaban J connectivity index is 1.48. The monoisotopic (exact) mass is 399 g/mol. The van der Waals surface area contributed by atoms with Crippen molar-refractivity contribution >= 4 is 28.7 Å². The number of ether oxygens (including phenoxy) is 1. The summed E-state index contributed by atoms with van der Waals surface area (Å²) in [5, 5.41) is 5.25. The summed E-state index contributed by atoms with van der Waals surface area (Å²) in [6.45, 7) is 4.17. The predicted molar refractivity (Wildman–Crippen MR) is 115 cm³/mol. The van der Waals surface area contributed by atoms with Crippen LogP contribution in [0.2, 0.25) is 0 Å². The van der Waals surface area contributed by atoms with E-state index in [4.69, 9.17) is 4.74 Å². The average molecular weight is 400 g/mol. The smallest absolute Gasteiger partial charge is 0.322 e. The highest BCUT2D eigenvalue weighted by atomic mass is 32.1. The normalized spacial score (nSPS) is 19.6. The Morgan fingerprint density at radius 3 is 2.75 bits per heavy atom. The fourth-order valence-corrected chi connectivity index (χ4v) is 4.75. The number of benzene rings is 1. The molecule has 0 aliphatic carbocycles. The minimum absolute atomic E-state index is 0.0478. The summed E-state index contributed by atoms with van der Waals surface area (Å²) in [5.41, 5.74) is 2.03. The average Bonchev–Trinajstić information content (AvgIpc) is 3.43. The van der Waals surface area contributed by atoms with E-state index in [0.717, 1.165) is 43.9 Å². The van der Waals surface area contributed by atoms with E-state index in [1.54, 1.807) is 11.3 Å². The number of nitrogens with one attached hydrogen (secondary N) is 1. The van der Waals surface area contributed by atoms with E-state index in [-0.39, 0.29) is 12.1 Å². The lowest BCUT2D eigenvalue weighted by Gasteiger charge is -2.31. The maximum Gasteiger partial charge on any atom is 0.322 e. The number of para-hydroxylation sites is 2. The van der Waals surface area contributed by atoms with E-state index in [1.807, 2.05) is 23.1 Å². The van der Waals surface area contributed by atoms with E-state index in [0.29, 0.717) is 13.1 Å². The van der Waals surface area contributed by atoms with Gasteiger partial charge < -0.3 is 19.9 Å². The molecule has 0 bridgehead atoms. The van der Waals surface area contributed by atoms with Gasteiger partial charge in [-0.2, -0.15) is 0 Å². The number of carbonyl (C=O) groups excluding carboxylic acids is 1. The van der Waals surface area contributed by atoms with Crippen molar-refractivity contribution in [3.05, 3.63) is 46.7 Å². The summed E-state index contributed by atoms with van der Waals surface area (Å²) in [4.78, 5) is 18.7. The molecule has 2 amide bonds. The Hall–Kier alpha value is -2.05. The molecule has 2 aliphatic heterocycles. The highest BCUT2D eigenvalue weighted by Crippen LogP contribution is 2.29. The van der Waals surface area contributed by atoms with Gasteiger partial charge in [-0.1, -0.05) is 18.2 Å². The zero-order valence-corrected chi connectivity index (χ0v) is 17.1. The molecule has 1 N–H and O–H groups in total. The number of thiophene rings is 1. The third-order valence-electron chi connectivity index (χ3n) is 5.50. The van der Waals surface area contributed by atoms with Gasteiger partial charge >= 0.3 is 6.03 Å². The van der Waals surface area contributed by atoms with E-state index in [1.165, 1.54) is 24.1 Å². The second kappa shape index (κ2) is 9.43. The number of amides is 2. The third kappa shape index (κ3) is 4.86. The first-order valence-corrected chi connectivity index (χ1v) is 11.2. The van der Waals surface area contributed by atoms with Crippen molar-refractivity contribution in [3.8, 4) is 0 Å². The van der Waals surface area contributed by atoms with Gasteiger partial charge in [0.1, 0.15) is 0 Å². The van der Waals surface area contributed by atoms with Gasteiger partial charge in [-0.25, -0.2) is 4.79 Å². The maximum absolute atomic E-state index is 13.2. The Morgan fingerprint density at radius 1 is 1.14 bits per heavy atom. The Bertz CT molecular complexity index is 753. The number of carbonyl (C=O) groups is 1. The topological polar surface area (TPSA) is 44.8 Å². The largest absolute Gasteiger partial charge is 0.376 e. The number of urea groups is 1. The summed E-state index contributed by atoms with van der Waals surface area (Å²) in [6.07, 6.45) is 5.97. The van der Waals surface area contributed by atoms with Crippen molar-refractivity contribution in [2.75, 3.05) is 36.5 Å². The van der Waals surface area contributed by atoms with Crippen molar-refractivity contribution < 1.29 is 9.53 Å². The molecule has 0 saturated carbocycles. The van der Waals surface area contributed by atoms with E-state index in [2.05, 4.69) is 33.8 Å². The van der Waals surface area contributed by atoms with Crippen LogP contribution < -0.4 is 10.2 Å². The van der Waals surface area contributed by atoms with Gasteiger partial charge in [0.15, 0.2) is 0 Å². The molecule has 1 atom stereocenters. The highest BCUT2D eigenvalue weighted by molar-refractivity contribution is 7.09. The highest BCUT2D eigenvalue weighted by Gasteiger charge is 2.24. The third-order valence-corrected chi connectivity index (χ3v) is 6.37. The van der Waals surface area contributed by atoms with Gasteiger partial charge in [0.05, 0.1) is 24.0 Å². The summed E-state index contributed by atoms with van der Waals surface area (Å²) in [7, 11) is 0. The fraction of sp³-hybridized carbons (Fsp3) is 0.500. The molecule has 3 heterocycles. The van der Waals surface area contributed by atoms with Crippen LogP contribution in [0.25, 0.3) is 0 Å². The molecule has 2 aromatic rings. The van der Waals surface area contributed by atoms with Crippen molar-refractivity contribution in [2.24, 2.45) is 0 Å². The van der Waals surface area contributed by atoms with Crippen LogP contribution in [-0.2, 0) is 11.3 Å². The molecule has 0 spiro atoms. The Kier molecular flexibility index (Phi) is 6.49. The summed E-state index contributed by atoms with van der Waals surface area (Å²) < 4.78 is 5.80. The van der Waals surface area contributed by atoms with E-state index < -0.39 is 0 Å². The predicted octanol–water partition coefficient (Wildman–Crippen LogP) is 4.95. The molecular formula is C22H29N3O2S. The zero-order chi connectivity index (χ0) is 19.2. The van der Waals surface area contributed by atoms with Gasteiger partial charge in [0.25, 0.3) is 0 Å². The molecule has 150 valence electrons. The van der Waals surface area contributed by atoms with Crippen LogP contribution in [0.3, 0.4) is 0 Å². The van der Waals surface area contributed by atoms with Crippen LogP contribution in [0.4, 0.5) is 16.2 Å². The van der Waals surface area contributed by atoms with Crippen molar-refractivity contribution in [1.29, 1.82) is 0 Å². The molecule has 6 heteroatoms. The molecule has 2 saturated heterocycles. The van der Waals surface area contributed by atoms with E-state index >= 15 is 0 Å². The van der Waals surface area contributed by atoms with Gasteiger partial charge in [-0.15, -0.1) is 11.3 Å². The lowest BCUT2D eigenvalue weighted by molar-refractivity contribution is 0.0821. The van der Waals surface area contributed by atoms with E-state index in [9.17, 15) is 4.79 Å². The second-order valence-corrected chi connectivity index (χ2v) is 8.62. The Labute approximate surface area is 171 Å². The first-order chi connectivity index (χ1) is 13.8. The quantitative estimate of drug-likeness (QED) is 0.747. The first kappa shape index (κ1) is 19.3. The lowest BCUT2D eigenvalue weighted by atomic mass is 10.1. The number of hydrogen-bond donors (Lipinski definition) is 1. The lowest BCUT2D eigenvalue weighted by Crippen LogP contribution is -2.40. The molecule has 0 radical (unpaired) electrons. The van der Waals surface area contributed by atoms with Gasteiger partial charge in [0, 0.05) is 31.1 Å². The molecule has 0 unspecified atom stereocenters. The van der Waals surface area contributed by atoms with Crippen molar-refractivity contribution in [2.45, 2.75) is 44.8 Å². The zero-order valence-electron chi connectivity index (χ0n) is 16.3. The minimum atomic E-state index is -0.0478. The fourth-order valence-electron chi connectivity index (χ4n) is 4.03. The molecule has 4 rings (SSSR count). The second-order valence-electron chi connectivity index (χ2n) is 7.59. The molecule has 2 aliphatic rings. The molecule has 1 aromatic heterocycles. The number of nitrogens with zero attached hydrogens (tertiary/aromatic N) is 2. The van der Waals surface area contributed by atoms with Crippen LogP contribution >= 0.6 is 11.3 Å².